The molecule has 0 heterocycles. The first kappa shape index (κ1) is 59.1. The Labute approximate surface area is 443 Å². The Hall–Kier alpha value is -0.0286. The van der Waals surface area contributed by atoms with E-state index >= 15 is 0 Å². The Morgan fingerprint density at radius 1 is 0.381 bits per heavy atom. The number of para-hydroxylation sites is 2. The molecule has 0 radical (unpaired) electrons. The summed E-state index contributed by atoms with van der Waals surface area (Å²) in [4.78, 5) is 28.5. The zero-order valence-corrected chi connectivity index (χ0v) is 48.6. The second-order valence-electron chi connectivity index (χ2n) is 16.3. The summed E-state index contributed by atoms with van der Waals surface area (Å²) in [5, 5.41) is 0. The molecule has 4 aromatic rings. The topological polar surface area (TPSA) is 64.6 Å². The summed E-state index contributed by atoms with van der Waals surface area (Å²) < 4.78 is 11.9. The van der Waals surface area contributed by atoms with Gasteiger partial charge in [-0.15, -0.1) is 0 Å². The van der Waals surface area contributed by atoms with Gasteiger partial charge < -0.3 is 18.8 Å². The van der Waals surface area contributed by atoms with Gasteiger partial charge in [0.15, 0.2) is 0 Å². The Morgan fingerprint density at radius 3 is 0.952 bits per heavy atom. The quantitative estimate of drug-likeness (QED) is 0.0272. The van der Waals surface area contributed by atoms with Crippen LogP contribution in [0.15, 0.2) is 107 Å². The maximum Gasteiger partial charge on any atom is 2.00 e. The van der Waals surface area contributed by atoms with Gasteiger partial charge in [0.05, 0.1) is 0 Å². The van der Waals surface area contributed by atoms with Gasteiger partial charge in [0, 0.05) is 9.79 Å². The Morgan fingerprint density at radius 2 is 0.635 bits per heavy atom. The summed E-state index contributed by atoms with van der Waals surface area (Å²) in [5.41, 5.74) is -1.92. The van der Waals surface area contributed by atoms with Crippen LogP contribution in [0.1, 0.15) is 178 Å². The van der Waals surface area contributed by atoms with Gasteiger partial charge in [-0.05, 0) is 97.9 Å². The summed E-state index contributed by atoms with van der Waals surface area (Å²) in [6, 6.07) is 32.2. The molecule has 11 heteroatoms. The van der Waals surface area contributed by atoms with Crippen LogP contribution in [-0.2, 0) is 49.3 Å². The molecule has 4 rings (SSSR count). The fraction of sp³-hybridized carbons (Fsp3) is 0.538. The van der Waals surface area contributed by atoms with Crippen LogP contribution in [0.4, 0.5) is 0 Å². The molecule has 344 valence electrons. The zero-order valence-electron chi connectivity index (χ0n) is 39.1. The van der Waals surface area contributed by atoms with Crippen molar-refractivity contribution in [2.24, 2.45) is 0 Å². The minimum atomic E-state index is -3.29. The van der Waals surface area contributed by atoms with Gasteiger partial charge in [0.25, 0.3) is 0 Å². The maximum absolute atomic E-state index is 13.2. The number of benzene rings is 4. The van der Waals surface area contributed by atoms with Crippen LogP contribution >= 0.6 is 34.2 Å². The van der Waals surface area contributed by atoms with Crippen LogP contribution < -0.4 is 18.8 Å². The second-order valence-corrected chi connectivity index (χ2v) is 28.0. The second kappa shape index (κ2) is 36.0. The third kappa shape index (κ3) is 26.3. The van der Waals surface area contributed by atoms with Crippen molar-refractivity contribution in [1.29, 1.82) is 0 Å². The van der Waals surface area contributed by atoms with Crippen LogP contribution in [0.5, 0.6) is 11.5 Å². The van der Waals surface area contributed by atoms with Crippen molar-refractivity contribution >= 4 is 107 Å². The summed E-state index contributed by atoms with van der Waals surface area (Å²) in [6.07, 6.45) is 28.6. The van der Waals surface area contributed by atoms with E-state index in [0.717, 1.165) is 72.3 Å². The smallest absolute Gasteiger partial charge is 0.783 e. The van der Waals surface area contributed by atoms with E-state index in [9.17, 15) is 9.79 Å². The fourth-order valence-corrected chi connectivity index (χ4v) is 14.8. The van der Waals surface area contributed by atoms with E-state index in [2.05, 4.69) is 64.1 Å². The summed E-state index contributed by atoms with van der Waals surface area (Å²) >= 11 is 13.4. The number of rotatable bonds is 32. The molecule has 0 aromatic heterocycles. The first-order chi connectivity index (χ1) is 30.1. The normalized spacial score (nSPS) is 12.9. The van der Waals surface area contributed by atoms with Gasteiger partial charge in [-0.2, -0.15) is 0 Å². The molecule has 0 saturated carbocycles. The Kier molecular flexibility index (Phi) is 33.8. The van der Waals surface area contributed by atoms with Gasteiger partial charge >= 0.3 is 48.9 Å². The molecular weight excluding hydrogens is 1020 g/mol. The fourth-order valence-electron chi connectivity index (χ4n) is 7.39. The third-order valence-electron chi connectivity index (χ3n) is 10.9. The van der Waals surface area contributed by atoms with E-state index in [0.29, 0.717) is 11.5 Å². The molecule has 0 bridgehead atoms. The van der Waals surface area contributed by atoms with Gasteiger partial charge in [-0.3, -0.25) is 0 Å². The molecule has 0 aliphatic rings. The zero-order chi connectivity index (χ0) is 44.7. The minimum absolute atomic E-state index is 0. The van der Waals surface area contributed by atoms with Crippen molar-refractivity contribution in [3.8, 4) is 11.5 Å². The Balaban J connectivity index is 0.000000427. The first-order valence-electron chi connectivity index (χ1n) is 23.8. The van der Waals surface area contributed by atoms with E-state index in [1.54, 1.807) is 0 Å². The van der Waals surface area contributed by atoms with Gasteiger partial charge in [-0.25, -0.2) is 0 Å². The van der Waals surface area contributed by atoms with Crippen molar-refractivity contribution in [2.45, 2.75) is 192 Å². The monoisotopic (exact) mass is 1090 g/mol. The number of hydrogen-bond acceptors (Lipinski definition) is 8. The molecule has 0 fully saturated rings. The van der Waals surface area contributed by atoms with E-state index < -0.39 is 11.4 Å². The number of hydrogen-bond donors (Lipinski definition) is 0. The molecule has 0 amide bonds. The molecule has 0 aliphatic carbocycles. The number of unbranched alkanes of at least 4 members (excludes halogenated alkanes) is 16. The van der Waals surface area contributed by atoms with Gasteiger partial charge in [-0.1, -0.05) is 250 Å². The molecule has 0 saturated heterocycles. The average molecular weight is 1090 g/mol. The Bertz CT molecular complexity index is 1630. The summed E-state index contributed by atoms with van der Waals surface area (Å²) in [7, 11) is 0. The van der Waals surface area contributed by atoms with Crippen molar-refractivity contribution in [3.05, 3.63) is 119 Å². The largest absolute Gasteiger partial charge is 2.00 e. The van der Waals surface area contributed by atoms with Crippen molar-refractivity contribution in [1.82, 2.24) is 0 Å². The van der Waals surface area contributed by atoms with Crippen molar-refractivity contribution in [2.75, 3.05) is 0 Å². The molecule has 0 spiro atoms. The summed E-state index contributed by atoms with van der Waals surface area (Å²) in [6.45, 7) is 8.93. The predicted molar refractivity (Wildman–Crippen MR) is 283 cm³/mol. The van der Waals surface area contributed by atoms with E-state index in [1.807, 2.05) is 60.7 Å². The third-order valence-corrected chi connectivity index (χ3v) is 18.2. The van der Waals surface area contributed by atoms with E-state index in [-0.39, 0.29) is 48.9 Å². The molecule has 2 atom stereocenters. The standard InChI is InChI=1S/2C26H39O2PS2.Ba/c2*1-3-5-7-9-11-17-23-18-13-15-21-25(23)28-29(27,30)31-26-22-16-14-20-24(26)19-12-10-8-6-4-2;/h2*13-16,18,20-22H,3-12,17,19H2,1-2H3,(H,27,30);/q;;+2/p-2. The van der Waals surface area contributed by atoms with Crippen LogP contribution in [0.3, 0.4) is 0 Å². The van der Waals surface area contributed by atoms with Gasteiger partial charge in [0.2, 0.25) is 0 Å². The van der Waals surface area contributed by atoms with Crippen LogP contribution in [0.2, 0.25) is 0 Å². The molecule has 0 aliphatic heterocycles. The van der Waals surface area contributed by atoms with E-state index in [1.165, 1.54) is 137 Å². The molecule has 2 unspecified atom stereocenters. The molecule has 0 N–H and O–H groups in total. The van der Waals surface area contributed by atoms with Crippen LogP contribution in [-0.4, -0.2) is 48.9 Å². The van der Waals surface area contributed by atoms with Crippen LogP contribution in [0.25, 0.3) is 0 Å². The predicted octanol–water partition coefficient (Wildman–Crippen LogP) is 16.6. The molecule has 63 heavy (non-hydrogen) atoms. The molecular formula is C52H76BaO4P2S4. The first-order valence-corrected chi connectivity index (χ1v) is 31.9. The van der Waals surface area contributed by atoms with Crippen LogP contribution in [0, 0.1) is 0 Å². The average Bonchev–Trinajstić information content (AvgIpc) is 3.25. The maximum atomic E-state index is 13.2. The number of aryl methyl sites for hydroxylation is 4. The minimum Gasteiger partial charge on any atom is -0.783 e. The SMILES string of the molecule is CCCCCCCc1ccccc1OP([O-])(=S)Sc1ccccc1CCCCCCC.CCCCCCCc1ccccc1OP([O-])(=S)Sc1ccccc1CCCCCCC.[Ba+2]. The molecule has 4 aromatic carbocycles. The van der Waals surface area contributed by atoms with Crippen molar-refractivity contribution in [3.63, 3.8) is 0 Å². The van der Waals surface area contributed by atoms with Crippen molar-refractivity contribution < 1.29 is 18.8 Å². The van der Waals surface area contributed by atoms with Gasteiger partial charge in [0.1, 0.15) is 22.9 Å². The summed E-state index contributed by atoms with van der Waals surface area (Å²) in [5.74, 6) is 1.36. The van der Waals surface area contributed by atoms with E-state index in [4.69, 9.17) is 32.7 Å². The molecule has 4 nitrogen and oxygen atoms in total.